The lowest BCUT2D eigenvalue weighted by Crippen LogP contribution is -2.25. The van der Waals surface area contributed by atoms with E-state index in [1.165, 1.54) is 12.1 Å². The van der Waals surface area contributed by atoms with Crippen LogP contribution in [0.1, 0.15) is 32.1 Å². The summed E-state index contributed by atoms with van der Waals surface area (Å²) < 4.78 is 40.2. The predicted octanol–water partition coefficient (Wildman–Crippen LogP) is 2.90. The summed E-state index contributed by atoms with van der Waals surface area (Å²) in [4.78, 5) is 9.92. The van der Waals surface area contributed by atoms with E-state index in [-0.39, 0.29) is 17.9 Å². The number of carboxylic acids is 1. The standard InChI is InChI=1S/C13H17BrFNO4S/c14-10-6-7-12(11(15)9-10)21(19,20)16-8-4-2-1-3-5-13(17)18/h6-7,9,16H,1-5,8H2,(H,17,18). The number of carbonyl (C=O) groups is 1. The van der Waals surface area contributed by atoms with Crippen molar-refractivity contribution >= 4 is 31.9 Å². The van der Waals surface area contributed by atoms with Crippen LogP contribution < -0.4 is 4.72 Å². The van der Waals surface area contributed by atoms with Gasteiger partial charge >= 0.3 is 5.97 Å². The summed E-state index contributed by atoms with van der Waals surface area (Å²) in [7, 11) is -3.85. The number of unbranched alkanes of at least 4 members (excludes halogenated alkanes) is 3. The molecule has 0 heterocycles. The van der Waals surface area contributed by atoms with Crippen LogP contribution in [0.5, 0.6) is 0 Å². The van der Waals surface area contributed by atoms with Gasteiger partial charge in [0.25, 0.3) is 0 Å². The van der Waals surface area contributed by atoms with Crippen molar-refractivity contribution in [3.05, 3.63) is 28.5 Å². The normalized spacial score (nSPS) is 11.5. The van der Waals surface area contributed by atoms with Crippen molar-refractivity contribution in [2.75, 3.05) is 6.54 Å². The second-order valence-corrected chi connectivity index (χ2v) is 7.18. The largest absolute Gasteiger partial charge is 0.481 e. The quantitative estimate of drug-likeness (QED) is 0.644. The summed E-state index contributed by atoms with van der Waals surface area (Å²) in [5.74, 6) is -1.64. The molecule has 0 radical (unpaired) electrons. The van der Waals surface area contributed by atoms with Crippen molar-refractivity contribution in [2.45, 2.75) is 37.0 Å². The van der Waals surface area contributed by atoms with E-state index in [0.29, 0.717) is 17.3 Å². The summed E-state index contributed by atoms with van der Waals surface area (Å²) in [5.41, 5.74) is 0. The maximum Gasteiger partial charge on any atom is 0.303 e. The fourth-order valence-electron chi connectivity index (χ4n) is 1.73. The lowest BCUT2D eigenvalue weighted by atomic mass is 10.1. The third-order valence-corrected chi connectivity index (χ3v) is 4.78. The van der Waals surface area contributed by atoms with E-state index >= 15 is 0 Å². The van der Waals surface area contributed by atoms with Crippen LogP contribution in [0.2, 0.25) is 0 Å². The number of hydrogen-bond acceptors (Lipinski definition) is 3. The molecule has 8 heteroatoms. The first-order chi connectivity index (χ1) is 9.83. The van der Waals surface area contributed by atoms with Crippen molar-refractivity contribution in [3.63, 3.8) is 0 Å². The summed E-state index contributed by atoms with van der Waals surface area (Å²) >= 11 is 3.06. The molecule has 1 rings (SSSR count). The van der Waals surface area contributed by atoms with E-state index in [1.54, 1.807) is 0 Å². The fourth-order valence-corrected chi connectivity index (χ4v) is 3.20. The first-order valence-electron chi connectivity index (χ1n) is 6.49. The van der Waals surface area contributed by atoms with Crippen LogP contribution in [-0.2, 0) is 14.8 Å². The minimum Gasteiger partial charge on any atom is -0.481 e. The maximum atomic E-state index is 13.6. The van der Waals surface area contributed by atoms with Crippen LogP contribution in [0.3, 0.4) is 0 Å². The Hall–Kier alpha value is -0.990. The molecule has 0 spiro atoms. The van der Waals surface area contributed by atoms with Gasteiger partial charge in [0.1, 0.15) is 10.7 Å². The molecular formula is C13H17BrFNO4S. The van der Waals surface area contributed by atoms with Crippen LogP contribution in [0.25, 0.3) is 0 Å². The van der Waals surface area contributed by atoms with Gasteiger partial charge in [-0.25, -0.2) is 17.5 Å². The van der Waals surface area contributed by atoms with Gasteiger partial charge in [0.15, 0.2) is 0 Å². The average Bonchev–Trinajstić information content (AvgIpc) is 2.36. The highest BCUT2D eigenvalue weighted by Gasteiger charge is 2.18. The molecule has 0 atom stereocenters. The lowest BCUT2D eigenvalue weighted by molar-refractivity contribution is -0.137. The van der Waals surface area contributed by atoms with E-state index in [1.807, 2.05) is 0 Å². The molecule has 0 bridgehead atoms. The van der Waals surface area contributed by atoms with Crippen LogP contribution in [0.4, 0.5) is 4.39 Å². The van der Waals surface area contributed by atoms with Crippen LogP contribution >= 0.6 is 15.9 Å². The Morgan fingerprint density at radius 1 is 1.24 bits per heavy atom. The molecule has 0 aliphatic carbocycles. The van der Waals surface area contributed by atoms with Gasteiger partial charge in [-0.2, -0.15) is 0 Å². The summed E-state index contributed by atoms with van der Waals surface area (Å²) in [6.45, 7) is 0.199. The zero-order chi connectivity index (χ0) is 15.9. The molecule has 0 fully saturated rings. The Morgan fingerprint density at radius 2 is 1.90 bits per heavy atom. The zero-order valence-corrected chi connectivity index (χ0v) is 13.7. The lowest BCUT2D eigenvalue weighted by Gasteiger charge is -2.07. The van der Waals surface area contributed by atoms with E-state index in [2.05, 4.69) is 20.7 Å². The number of hydrogen-bond donors (Lipinski definition) is 2. The van der Waals surface area contributed by atoms with Gasteiger partial charge in [0.05, 0.1) is 0 Å². The number of nitrogens with one attached hydrogen (secondary N) is 1. The average molecular weight is 382 g/mol. The van der Waals surface area contributed by atoms with Gasteiger partial charge in [-0.1, -0.05) is 28.8 Å². The molecular weight excluding hydrogens is 365 g/mol. The SMILES string of the molecule is O=C(O)CCCCCCNS(=O)(=O)c1ccc(Br)cc1F. The molecule has 0 saturated heterocycles. The van der Waals surface area contributed by atoms with Gasteiger partial charge in [-0.15, -0.1) is 0 Å². The van der Waals surface area contributed by atoms with Crippen LogP contribution in [-0.4, -0.2) is 26.0 Å². The molecule has 1 aromatic carbocycles. The van der Waals surface area contributed by atoms with Gasteiger partial charge in [-0.05, 0) is 31.0 Å². The summed E-state index contributed by atoms with van der Waals surface area (Å²) in [5, 5.41) is 8.46. The molecule has 0 aliphatic rings. The van der Waals surface area contributed by atoms with Crippen molar-refractivity contribution in [1.82, 2.24) is 4.72 Å². The molecule has 0 unspecified atom stereocenters. The molecule has 0 saturated carbocycles. The molecule has 118 valence electrons. The topological polar surface area (TPSA) is 83.5 Å². The number of benzene rings is 1. The minimum atomic E-state index is -3.85. The first kappa shape index (κ1) is 18.1. The zero-order valence-electron chi connectivity index (χ0n) is 11.3. The van der Waals surface area contributed by atoms with Crippen LogP contribution in [0, 0.1) is 5.82 Å². The van der Waals surface area contributed by atoms with Crippen molar-refractivity contribution in [3.8, 4) is 0 Å². The van der Waals surface area contributed by atoms with Crippen molar-refractivity contribution in [2.24, 2.45) is 0 Å². The molecule has 5 nitrogen and oxygen atoms in total. The number of rotatable bonds is 9. The van der Waals surface area contributed by atoms with Crippen LogP contribution in [0.15, 0.2) is 27.6 Å². The third-order valence-electron chi connectivity index (χ3n) is 2.79. The maximum absolute atomic E-state index is 13.6. The fraction of sp³-hybridized carbons (Fsp3) is 0.462. The van der Waals surface area contributed by atoms with E-state index in [0.717, 1.165) is 18.9 Å². The number of aliphatic carboxylic acids is 1. The van der Waals surface area contributed by atoms with Gasteiger partial charge in [-0.3, -0.25) is 4.79 Å². The summed E-state index contributed by atoms with van der Waals surface area (Å²) in [6, 6.07) is 3.76. The van der Waals surface area contributed by atoms with E-state index in [9.17, 15) is 17.6 Å². The number of halogens is 2. The molecule has 0 aromatic heterocycles. The Labute approximate surface area is 131 Å². The highest BCUT2D eigenvalue weighted by atomic mass is 79.9. The van der Waals surface area contributed by atoms with E-state index in [4.69, 9.17) is 5.11 Å². The third kappa shape index (κ3) is 6.54. The Bertz CT molecular complexity index is 592. The number of carboxylic acid groups (broad SMARTS) is 1. The van der Waals surface area contributed by atoms with Gasteiger partial charge in [0, 0.05) is 17.4 Å². The summed E-state index contributed by atoms with van der Waals surface area (Å²) in [6.07, 6.45) is 2.72. The van der Waals surface area contributed by atoms with E-state index < -0.39 is 21.8 Å². The Morgan fingerprint density at radius 3 is 2.52 bits per heavy atom. The number of sulfonamides is 1. The first-order valence-corrected chi connectivity index (χ1v) is 8.77. The molecule has 2 N–H and O–H groups in total. The predicted molar refractivity (Wildman–Crippen MR) is 80.0 cm³/mol. The monoisotopic (exact) mass is 381 g/mol. The minimum absolute atomic E-state index is 0.121. The Balaban J connectivity index is 2.38. The second-order valence-electron chi connectivity index (χ2n) is 4.53. The molecule has 0 aliphatic heterocycles. The van der Waals surface area contributed by atoms with Gasteiger partial charge in [0.2, 0.25) is 10.0 Å². The highest BCUT2D eigenvalue weighted by Crippen LogP contribution is 2.19. The molecule has 1 aromatic rings. The smallest absolute Gasteiger partial charge is 0.303 e. The van der Waals surface area contributed by atoms with Crippen molar-refractivity contribution in [1.29, 1.82) is 0 Å². The van der Waals surface area contributed by atoms with Gasteiger partial charge < -0.3 is 5.11 Å². The second kappa shape index (κ2) is 8.45. The van der Waals surface area contributed by atoms with Crippen molar-refractivity contribution < 1.29 is 22.7 Å². The Kier molecular flexibility index (Phi) is 7.27. The highest BCUT2D eigenvalue weighted by molar-refractivity contribution is 9.10. The molecule has 21 heavy (non-hydrogen) atoms. The molecule has 0 amide bonds.